The fourth-order valence-corrected chi connectivity index (χ4v) is 3.81. The molecule has 148 valence electrons. The lowest BCUT2D eigenvalue weighted by Gasteiger charge is -2.34. The Hall–Kier alpha value is -2.54. The molecule has 0 spiro atoms. The molecule has 2 aromatic rings. The zero-order valence-corrected chi connectivity index (χ0v) is 16.9. The second-order valence-electron chi connectivity index (χ2n) is 7.23. The molecule has 0 amide bonds. The van der Waals surface area contributed by atoms with Crippen LogP contribution in [-0.2, 0) is 6.54 Å². The number of nitrogens with zero attached hydrogens (tertiary/aromatic N) is 2. The van der Waals surface area contributed by atoms with Crippen molar-refractivity contribution in [3.63, 3.8) is 0 Å². The van der Waals surface area contributed by atoms with E-state index in [2.05, 4.69) is 33.5 Å². The first-order chi connectivity index (χ1) is 13.7. The number of piperidine rings is 1. The molecule has 2 aliphatic rings. The summed E-state index contributed by atoms with van der Waals surface area (Å²) in [5.74, 6) is 2.62. The first-order valence-corrected chi connectivity index (χ1v) is 10.3. The van der Waals surface area contributed by atoms with E-state index in [0.717, 1.165) is 35.1 Å². The van der Waals surface area contributed by atoms with Gasteiger partial charge >= 0.3 is 0 Å². The minimum Gasteiger partial charge on any atom is -0.486 e. The summed E-state index contributed by atoms with van der Waals surface area (Å²) in [5.41, 5.74) is 1.97. The topological polar surface area (TPSA) is 58.7 Å². The number of hydrogen-bond donors (Lipinski definition) is 2. The molecule has 1 aromatic heterocycles. The zero-order chi connectivity index (χ0) is 19.3. The van der Waals surface area contributed by atoms with Gasteiger partial charge in [0.1, 0.15) is 19.0 Å². The average molecular weight is 399 g/mol. The third-order valence-electron chi connectivity index (χ3n) is 5.16. The van der Waals surface area contributed by atoms with Crippen molar-refractivity contribution in [3.8, 4) is 11.5 Å². The highest BCUT2D eigenvalue weighted by molar-refractivity contribution is 7.80. The van der Waals surface area contributed by atoms with Gasteiger partial charge in [0.15, 0.2) is 16.6 Å². The summed E-state index contributed by atoms with van der Waals surface area (Å²) in [5, 5.41) is 6.99. The Kier molecular flexibility index (Phi) is 5.81. The maximum absolute atomic E-state index is 5.62. The van der Waals surface area contributed by atoms with Gasteiger partial charge in [-0.05, 0) is 68.2 Å². The molecule has 4 rings (SSSR count). The fourth-order valence-electron chi connectivity index (χ4n) is 3.62. The van der Waals surface area contributed by atoms with Crippen LogP contribution in [0.2, 0.25) is 0 Å². The maximum atomic E-state index is 5.62. The van der Waals surface area contributed by atoms with E-state index in [-0.39, 0.29) is 0 Å². The molecule has 28 heavy (non-hydrogen) atoms. The van der Waals surface area contributed by atoms with Gasteiger partial charge in [0.05, 0.1) is 11.9 Å². The Morgan fingerprint density at radius 2 is 2.04 bits per heavy atom. The summed E-state index contributed by atoms with van der Waals surface area (Å²) in [4.78, 5) is 7.00. The molecule has 0 radical (unpaired) electrons. The summed E-state index contributed by atoms with van der Waals surface area (Å²) in [6.07, 6.45) is 5.62. The number of nitrogens with one attached hydrogen (secondary N) is 2. The van der Waals surface area contributed by atoms with Crippen molar-refractivity contribution < 1.29 is 9.47 Å². The largest absolute Gasteiger partial charge is 0.486 e. The highest BCUT2D eigenvalue weighted by Gasteiger charge is 2.19. The number of benzene rings is 1. The molecule has 1 unspecified atom stereocenters. The SMILES string of the molecule is CC1CCCCN1c1ccc(NC(=S)NCc2ccc3c(c2)OCCO3)cn1. The number of rotatable bonds is 4. The van der Waals surface area contributed by atoms with Crippen molar-refractivity contribution in [1.29, 1.82) is 0 Å². The number of ether oxygens (including phenoxy) is 2. The Labute approximate surface area is 171 Å². The number of pyridine rings is 1. The second kappa shape index (κ2) is 8.65. The van der Waals surface area contributed by atoms with Crippen LogP contribution in [0.25, 0.3) is 0 Å². The molecule has 2 N–H and O–H groups in total. The normalized spacial score (nSPS) is 18.5. The van der Waals surface area contributed by atoms with Crippen LogP contribution in [0.15, 0.2) is 36.5 Å². The first-order valence-electron chi connectivity index (χ1n) is 9.85. The predicted molar refractivity (Wildman–Crippen MR) is 115 cm³/mol. The van der Waals surface area contributed by atoms with Crippen molar-refractivity contribution in [2.75, 3.05) is 30.0 Å². The van der Waals surface area contributed by atoms with Crippen LogP contribution in [0.5, 0.6) is 11.5 Å². The third kappa shape index (κ3) is 4.47. The molecular formula is C21H26N4O2S. The average Bonchev–Trinajstić information content (AvgIpc) is 2.73. The lowest BCUT2D eigenvalue weighted by Crippen LogP contribution is -2.37. The molecule has 0 bridgehead atoms. The highest BCUT2D eigenvalue weighted by Crippen LogP contribution is 2.30. The third-order valence-corrected chi connectivity index (χ3v) is 5.41. The molecule has 3 heterocycles. The molecule has 0 aliphatic carbocycles. The number of fused-ring (bicyclic) bond motifs is 1. The highest BCUT2D eigenvalue weighted by atomic mass is 32.1. The van der Waals surface area contributed by atoms with Gasteiger partial charge in [-0.2, -0.15) is 0 Å². The molecule has 1 aromatic carbocycles. The zero-order valence-electron chi connectivity index (χ0n) is 16.1. The van der Waals surface area contributed by atoms with Crippen LogP contribution in [0.3, 0.4) is 0 Å². The summed E-state index contributed by atoms with van der Waals surface area (Å²) in [7, 11) is 0. The fraction of sp³-hybridized carbons (Fsp3) is 0.429. The van der Waals surface area contributed by atoms with E-state index in [0.29, 0.717) is 30.9 Å². The minimum absolute atomic E-state index is 0.550. The van der Waals surface area contributed by atoms with E-state index in [9.17, 15) is 0 Å². The van der Waals surface area contributed by atoms with Crippen molar-refractivity contribution in [2.45, 2.75) is 38.8 Å². The van der Waals surface area contributed by atoms with Gasteiger partial charge in [-0.1, -0.05) is 6.07 Å². The summed E-state index contributed by atoms with van der Waals surface area (Å²) < 4.78 is 11.2. The molecule has 1 atom stereocenters. The Morgan fingerprint density at radius 1 is 1.18 bits per heavy atom. The van der Waals surface area contributed by atoms with E-state index in [1.54, 1.807) is 0 Å². The van der Waals surface area contributed by atoms with Gasteiger partial charge < -0.3 is 25.0 Å². The van der Waals surface area contributed by atoms with Gasteiger partial charge in [-0.25, -0.2) is 4.98 Å². The van der Waals surface area contributed by atoms with E-state index >= 15 is 0 Å². The molecule has 7 heteroatoms. The van der Waals surface area contributed by atoms with Gasteiger partial charge in [0.25, 0.3) is 0 Å². The smallest absolute Gasteiger partial charge is 0.171 e. The van der Waals surface area contributed by atoms with Crippen molar-refractivity contribution in [3.05, 3.63) is 42.1 Å². The van der Waals surface area contributed by atoms with E-state index in [4.69, 9.17) is 21.7 Å². The number of aromatic nitrogens is 1. The maximum Gasteiger partial charge on any atom is 0.171 e. The van der Waals surface area contributed by atoms with Gasteiger partial charge in [-0.15, -0.1) is 0 Å². The van der Waals surface area contributed by atoms with E-state index < -0.39 is 0 Å². The van der Waals surface area contributed by atoms with Crippen LogP contribution in [0.4, 0.5) is 11.5 Å². The lowest BCUT2D eigenvalue weighted by atomic mass is 10.0. The molecular weight excluding hydrogens is 372 g/mol. The summed E-state index contributed by atoms with van der Waals surface area (Å²) in [6, 6.07) is 10.6. The molecule has 1 fully saturated rings. The lowest BCUT2D eigenvalue weighted by molar-refractivity contribution is 0.171. The molecule has 1 saturated heterocycles. The van der Waals surface area contributed by atoms with Crippen LogP contribution >= 0.6 is 12.2 Å². The van der Waals surface area contributed by atoms with Gasteiger partial charge in [-0.3, -0.25) is 0 Å². The Bertz CT molecular complexity index is 828. The minimum atomic E-state index is 0.550. The van der Waals surface area contributed by atoms with Crippen molar-refractivity contribution in [1.82, 2.24) is 10.3 Å². The number of anilines is 2. The van der Waals surface area contributed by atoms with Crippen LogP contribution in [0.1, 0.15) is 31.7 Å². The molecule has 0 saturated carbocycles. The number of thiocarbonyl (C=S) groups is 1. The summed E-state index contributed by atoms with van der Waals surface area (Å²) in [6.45, 7) is 5.14. The van der Waals surface area contributed by atoms with Gasteiger partial charge in [0, 0.05) is 19.1 Å². The number of hydrogen-bond acceptors (Lipinski definition) is 5. The van der Waals surface area contributed by atoms with Crippen LogP contribution in [-0.4, -0.2) is 35.9 Å². The molecule has 6 nitrogen and oxygen atoms in total. The van der Waals surface area contributed by atoms with Crippen molar-refractivity contribution in [2.24, 2.45) is 0 Å². The van der Waals surface area contributed by atoms with Gasteiger partial charge in [0.2, 0.25) is 0 Å². The second-order valence-corrected chi connectivity index (χ2v) is 7.64. The first kappa shape index (κ1) is 18.8. The Morgan fingerprint density at radius 3 is 2.82 bits per heavy atom. The van der Waals surface area contributed by atoms with Crippen molar-refractivity contribution >= 4 is 28.8 Å². The van der Waals surface area contributed by atoms with Crippen LogP contribution in [0, 0.1) is 0 Å². The molecule has 2 aliphatic heterocycles. The monoisotopic (exact) mass is 398 g/mol. The van der Waals surface area contributed by atoms with E-state index in [1.165, 1.54) is 19.3 Å². The van der Waals surface area contributed by atoms with Crippen LogP contribution < -0.4 is 25.0 Å². The predicted octanol–water partition coefficient (Wildman–Crippen LogP) is 3.72. The summed E-state index contributed by atoms with van der Waals surface area (Å²) >= 11 is 5.42. The Balaban J connectivity index is 1.30. The quantitative estimate of drug-likeness (QED) is 0.761. The standard InChI is InChI=1S/C21H26N4O2S/c1-15-4-2-3-9-25(15)20-8-6-17(14-22-20)24-21(28)23-13-16-5-7-18-19(12-16)27-11-10-26-18/h5-8,12,14-15H,2-4,9-11,13H2,1H3,(H2,23,24,28). The van der Waals surface area contributed by atoms with E-state index in [1.807, 2.05) is 30.5 Å².